The average molecular weight is 190 g/mol. The van der Waals surface area contributed by atoms with Crippen LogP contribution < -0.4 is 5.73 Å². The van der Waals surface area contributed by atoms with E-state index in [2.05, 4.69) is 10.1 Å². The minimum absolute atomic E-state index is 0.630. The van der Waals surface area contributed by atoms with Gasteiger partial charge in [0.2, 0.25) is 0 Å². The molecule has 0 aliphatic rings. The molecule has 14 heavy (non-hydrogen) atoms. The Balaban J connectivity index is 2.41. The van der Waals surface area contributed by atoms with E-state index >= 15 is 0 Å². The van der Waals surface area contributed by atoms with E-state index in [0.717, 1.165) is 23.4 Å². The highest BCUT2D eigenvalue weighted by atomic mass is 15.3. The van der Waals surface area contributed by atoms with E-state index in [0.29, 0.717) is 6.54 Å². The second kappa shape index (κ2) is 3.67. The minimum Gasteiger partial charge on any atom is -0.361 e. The minimum atomic E-state index is 0.630. The molecule has 0 atom stereocenters. The van der Waals surface area contributed by atoms with Crippen molar-refractivity contribution in [2.75, 3.05) is 6.54 Å². The van der Waals surface area contributed by atoms with Crippen LogP contribution >= 0.6 is 0 Å². The van der Waals surface area contributed by atoms with Gasteiger partial charge in [-0.1, -0.05) is 0 Å². The van der Waals surface area contributed by atoms with Gasteiger partial charge in [0.15, 0.2) is 0 Å². The van der Waals surface area contributed by atoms with E-state index in [4.69, 9.17) is 5.73 Å². The molecule has 0 aliphatic heterocycles. The van der Waals surface area contributed by atoms with E-state index < -0.39 is 0 Å². The zero-order chi connectivity index (χ0) is 9.97. The number of aryl methyl sites for hydroxylation is 1. The quantitative estimate of drug-likeness (QED) is 0.756. The van der Waals surface area contributed by atoms with Crippen molar-refractivity contribution in [2.45, 2.75) is 6.42 Å². The summed E-state index contributed by atoms with van der Waals surface area (Å²) in [5.74, 6) is 0. The van der Waals surface area contributed by atoms with Crippen molar-refractivity contribution < 1.29 is 0 Å². The fourth-order valence-corrected chi connectivity index (χ4v) is 1.58. The number of rotatable bonds is 3. The molecule has 0 unspecified atom stereocenters. The number of nitrogens with one attached hydrogen (secondary N) is 1. The Bertz CT molecular complexity index is 400. The second-order valence-corrected chi connectivity index (χ2v) is 3.29. The zero-order valence-corrected chi connectivity index (χ0v) is 8.20. The highest BCUT2D eigenvalue weighted by Crippen LogP contribution is 2.20. The molecule has 4 nitrogen and oxygen atoms in total. The predicted molar refractivity (Wildman–Crippen MR) is 55.8 cm³/mol. The molecular weight excluding hydrogens is 176 g/mol. The number of hydrogen-bond donors (Lipinski definition) is 2. The summed E-state index contributed by atoms with van der Waals surface area (Å²) in [6.07, 6.45) is 4.74. The van der Waals surface area contributed by atoms with Crippen LogP contribution in [0, 0.1) is 0 Å². The molecule has 2 aromatic rings. The number of aromatic amines is 1. The third kappa shape index (κ3) is 1.56. The Morgan fingerprint density at radius 2 is 2.43 bits per heavy atom. The molecule has 2 heterocycles. The molecule has 74 valence electrons. The van der Waals surface area contributed by atoms with Crippen molar-refractivity contribution in [1.29, 1.82) is 0 Å². The fourth-order valence-electron chi connectivity index (χ4n) is 1.58. The first kappa shape index (κ1) is 9.02. The van der Waals surface area contributed by atoms with Crippen LogP contribution in [0.25, 0.3) is 11.3 Å². The third-order valence-electron chi connectivity index (χ3n) is 2.17. The molecule has 0 aromatic carbocycles. The van der Waals surface area contributed by atoms with Crippen molar-refractivity contribution in [1.82, 2.24) is 14.8 Å². The Hall–Kier alpha value is -1.55. The molecule has 0 spiro atoms. The summed E-state index contributed by atoms with van der Waals surface area (Å²) in [5.41, 5.74) is 8.83. The number of hydrogen-bond acceptors (Lipinski definition) is 2. The highest BCUT2D eigenvalue weighted by Gasteiger charge is 2.08. The maximum atomic E-state index is 5.53. The standard InChI is InChI=1S/C10H14N4/c1-14-7-8(9-3-2-6-12-9)10(13-14)4-5-11/h2-3,6-7,12H,4-5,11H2,1H3. The predicted octanol–water partition coefficient (Wildman–Crippen LogP) is 0.916. The van der Waals surface area contributed by atoms with Crippen molar-refractivity contribution in [3.05, 3.63) is 30.2 Å². The Labute approximate surface area is 82.7 Å². The van der Waals surface area contributed by atoms with Gasteiger partial charge in [-0.25, -0.2) is 0 Å². The first-order chi connectivity index (χ1) is 6.81. The van der Waals surface area contributed by atoms with Crippen LogP contribution in [-0.4, -0.2) is 21.3 Å². The summed E-state index contributed by atoms with van der Waals surface area (Å²) < 4.78 is 1.82. The van der Waals surface area contributed by atoms with Gasteiger partial charge >= 0.3 is 0 Å². The molecular formula is C10H14N4. The van der Waals surface area contributed by atoms with Gasteiger partial charge in [-0.15, -0.1) is 0 Å². The molecule has 0 amide bonds. The van der Waals surface area contributed by atoms with Gasteiger partial charge < -0.3 is 10.7 Å². The smallest absolute Gasteiger partial charge is 0.0730 e. The fraction of sp³-hybridized carbons (Fsp3) is 0.300. The molecule has 0 radical (unpaired) electrons. The molecule has 0 fully saturated rings. The lowest BCUT2D eigenvalue weighted by Gasteiger charge is -1.96. The Morgan fingerprint density at radius 3 is 3.07 bits per heavy atom. The third-order valence-corrected chi connectivity index (χ3v) is 2.17. The van der Waals surface area contributed by atoms with Gasteiger partial charge in [0, 0.05) is 37.1 Å². The summed E-state index contributed by atoms with van der Waals surface area (Å²) in [6.45, 7) is 0.630. The summed E-state index contributed by atoms with van der Waals surface area (Å²) >= 11 is 0. The molecule has 2 rings (SSSR count). The molecule has 0 saturated heterocycles. The van der Waals surface area contributed by atoms with Crippen LogP contribution in [0.3, 0.4) is 0 Å². The lowest BCUT2D eigenvalue weighted by Crippen LogP contribution is -2.04. The maximum Gasteiger partial charge on any atom is 0.0730 e. The van der Waals surface area contributed by atoms with Crippen molar-refractivity contribution in [3.63, 3.8) is 0 Å². The monoisotopic (exact) mass is 190 g/mol. The number of H-pyrrole nitrogens is 1. The molecule has 3 N–H and O–H groups in total. The molecule has 4 heteroatoms. The Morgan fingerprint density at radius 1 is 1.57 bits per heavy atom. The van der Waals surface area contributed by atoms with Crippen molar-refractivity contribution >= 4 is 0 Å². The SMILES string of the molecule is Cn1cc(-c2ccc[nH]2)c(CCN)n1. The maximum absolute atomic E-state index is 5.53. The lowest BCUT2D eigenvalue weighted by atomic mass is 10.1. The number of aromatic nitrogens is 3. The van der Waals surface area contributed by atoms with E-state index in [-0.39, 0.29) is 0 Å². The lowest BCUT2D eigenvalue weighted by molar-refractivity contribution is 0.739. The highest BCUT2D eigenvalue weighted by molar-refractivity contribution is 5.61. The van der Waals surface area contributed by atoms with Crippen LogP contribution in [-0.2, 0) is 13.5 Å². The number of nitrogens with zero attached hydrogens (tertiary/aromatic N) is 2. The summed E-state index contributed by atoms with van der Waals surface area (Å²) in [4.78, 5) is 3.17. The van der Waals surface area contributed by atoms with Crippen LogP contribution in [0.5, 0.6) is 0 Å². The first-order valence-corrected chi connectivity index (χ1v) is 4.67. The van der Waals surface area contributed by atoms with Gasteiger partial charge in [0.05, 0.1) is 5.69 Å². The van der Waals surface area contributed by atoms with Crippen molar-refractivity contribution in [3.8, 4) is 11.3 Å². The molecule has 0 aliphatic carbocycles. The van der Waals surface area contributed by atoms with Crippen LogP contribution in [0.15, 0.2) is 24.5 Å². The first-order valence-electron chi connectivity index (χ1n) is 4.67. The van der Waals surface area contributed by atoms with Gasteiger partial charge in [0.1, 0.15) is 0 Å². The number of nitrogens with two attached hydrogens (primary N) is 1. The van der Waals surface area contributed by atoms with E-state index in [1.807, 2.05) is 36.3 Å². The molecule has 2 aromatic heterocycles. The average Bonchev–Trinajstić information content (AvgIpc) is 2.74. The van der Waals surface area contributed by atoms with E-state index in [1.54, 1.807) is 0 Å². The zero-order valence-electron chi connectivity index (χ0n) is 8.20. The van der Waals surface area contributed by atoms with Crippen LogP contribution in [0.4, 0.5) is 0 Å². The summed E-state index contributed by atoms with van der Waals surface area (Å²) in [7, 11) is 1.92. The normalized spacial score (nSPS) is 10.7. The molecule has 0 saturated carbocycles. The van der Waals surface area contributed by atoms with Crippen LogP contribution in [0.2, 0.25) is 0 Å². The Kier molecular flexibility index (Phi) is 2.37. The summed E-state index contributed by atoms with van der Waals surface area (Å²) in [6, 6.07) is 4.02. The van der Waals surface area contributed by atoms with Gasteiger partial charge in [-0.05, 0) is 18.7 Å². The van der Waals surface area contributed by atoms with E-state index in [9.17, 15) is 0 Å². The van der Waals surface area contributed by atoms with Gasteiger partial charge in [-0.2, -0.15) is 5.10 Å². The molecule has 0 bridgehead atoms. The van der Waals surface area contributed by atoms with Gasteiger partial charge in [0.25, 0.3) is 0 Å². The summed E-state index contributed by atoms with van der Waals surface area (Å²) in [5, 5.41) is 4.37. The largest absolute Gasteiger partial charge is 0.361 e. The second-order valence-electron chi connectivity index (χ2n) is 3.29. The topological polar surface area (TPSA) is 59.6 Å². The van der Waals surface area contributed by atoms with Crippen LogP contribution in [0.1, 0.15) is 5.69 Å². The van der Waals surface area contributed by atoms with E-state index in [1.165, 1.54) is 0 Å². The van der Waals surface area contributed by atoms with Crippen molar-refractivity contribution in [2.24, 2.45) is 12.8 Å². The van der Waals surface area contributed by atoms with Gasteiger partial charge in [-0.3, -0.25) is 4.68 Å².